The molecule has 1 spiro atoms. The average molecular weight is 305 g/mol. The van der Waals surface area contributed by atoms with Crippen LogP contribution in [0.4, 0.5) is 0 Å². The molecule has 0 amide bonds. The van der Waals surface area contributed by atoms with Crippen LogP contribution in [0.5, 0.6) is 0 Å². The smallest absolute Gasteiger partial charge is 0.344 e. The summed E-state index contributed by atoms with van der Waals surface area (Å²) in [5.74, 6) is -0.497. The highest BCUT2D eigenvalue weighted by molar-refractivity contribution is 6.20. The van der Waals surface area contributed by atoms with Gasteiger partial charge in [-0.2, -0.15) is 0 Å². The van der Waals surface area contributed by atoms with Gasteiger partial charge in [-0.1, -0.05) is 30.8 Å². The number of oxime groups is 1. The summed E-state index contributed by atoms with van der Waals surface area (Å²) in [5, 5.41) is 14.3. The van der Waals surface area contributed by atoms with Crippen LogP contribution in [0.3, 0.4) is 0 Å². The fourth-order valence-electron chi connectivity index (χ4n) is 2.80. The van der Waals surface area contributed by atoms with Crippen LogP contribution in [0, 0.1) is 0 Å². The quantitative estimate of drug-likeness (QED) is 0.277. The van der Waals surface area contributed by atoms with Crippen molar-refractivity contribution >= 4 is 11.7 Å². The Morgan fingerprint density at radius 1 is 1.59 bits per heavy atom. The van der Waals surface area contributed by atoms with E-state index in [0.29, 0.717) is 18.6 Å². The number of aliphatic hydroxyl groups is 1. The van der Waals surface area contributed by atoms with Crippen molar-refractivity contribution in [3.63, 3.8) is 0 Å². The molecule has 1 atom stereocenters. The molecule has 1 aliphatic heterocycles. The summed E-state index contributed by atoms with van der Waals surface area (Å²) >= 11 is 0. The van der Waals surface area contributed by atoms with E-state index in [4.69, 9.17) is 9.57 Å². The van der Waals surface area contributed by atoms with Crippen LogP contribution in [-0.2, 0) is 14.4 Å². The first-order chi connectivity index (χ1) is 10.6. The molecule has 1 aliphatic carbocycles. The minimum absolute atomic E-state index is 0.0330. The van der Waals surface area contributed by atoms with E-state index in [1.165, 1.54) is 0 Å². The van der Waals surface area contributed by atoms with E-state index in [0.717, 1.165) is 25.7 Å². The van der Waals surface area contributed by atoms with Crippen molar-refractivity contribution in [3.05, 3.63) is 36.1 Å². The second kappa shape index (κ2) is 7.29. The van der Waals surface area contributed by atoms with E-state index >= 15 is 0 Å². The van der Waals surface area contributed by atoms with Gasteiger partial charge in [0.1, 0.15) is 23.5 Å². The monoisotopic (exact) mass is 305 g/mol. The van der Waals surface area contributed by atoms with Gasteiger partial charge in [-0.3, -0.25) is 0 Å². The molecular formula is C17H23NO4. The lowest BCUT2D eigenvalue weighted by atomic mass is 9.88. The van der Waals surface area contributed by atoms with Crippen LogP contribution in [0.15, 0.2) is 41.3 Å². The first-order valence-corrected chi connectivity index (χ1v) is 7.75. The molecule has 5 nitrogen and oxygen atoms in total. The topological polar surface area (TPSA) is 68.1 Å². The standard InChI is InChI=1S/C17H23NO4/c1-3-11-21-18-13(4-2)15-14(19)12-17(22-16(15)20)9-7-5-6-8-10-17/h3,7,9,19H,1,4-6,8,10-12H2,2H3/b18-13-. The number of esters is 1. The second-order valence-corrected chi connectivity index (χ2v) is 5.58. The molecule has 0 aromatic rings. The molecule has 1 N–H and O–H groups in total. The number of hydrogen-bond acceptors (Lipinski definition) is 5. The van der Waals surface area contributed by atoms with E-state index in [9.17, 15) is 9.90 Å². The maximum Gasteiger partial charge on any atom is 0.344 e. The van der Waals surface area contributed by atoms with Gasteiger partial charge in [0, 0.05) is 6.42 Å². The summed E-state index contributed by atoms with van der Waals surface area (Å²) < 4.78 is 5.67. The zero-order valence-electron chi connectivity index (χ0n) is 13.0. The predicted octanol–water partition coefficient (Wildman–Crippen LogP) is 3.58. The number of nitrogens with zero attached hydrogens (tertiary/aromatic N) is 1. The molecule has 1 heterocycles. The maximum atomic E-state index is 12.4. The molecule has 0 bridgehead atoms. The normalized spacial score (nSPS) is 25.9. The molecular weight excluding hydrogens is 282 g/mol. The van der Waals surface area contributed by atoms with Crippen molar-refractivity contribution in [2.24, 2.45) is 5.16 Å². The molecule has 22 heavy (non-hydrogen) atoms. The maximum absolute atomic E-state index is 12.4. The van der Waals surface area contributed by atoms with Gasteiger partial charge in [0.25, 0.3) is 0 Å². The van der Waals surface area contributed by atoms with Crippen LogP contribution >= 0.6 is 0 Å². The SMILES string of the molecule is C=CCO/N=C(/CC)C1=C(O)CC2(C=CCCCC2)OC1=O. The lowest BCUT2D eigenvalue weighted by Gasteiger charge is -2.34. The minimum Gasteiger partial charge on any atom is -0.511 e. The van der Waals surface area contributed by atoms with Gasteiger partial charge in [0.15, 0.2) is 0 Å². The Morgan fingerprint density at radius 2 is 2.41 bits per heavy atom. The summed E-state index contributed by atoms with van der Waals surface area (Å²) in [6.45, 7) is 5.63. The second-order valence-electron chi connectivity index (χ2n) is 5.58. The van der Waals surface area contributed by atoms with Gasteiger partial charge in [0.05, 0.1) is 5.71 Å². The van der Waals surface area contributed by atoms with Gasteiger partial charge < -0.3 is 14.7 Å². The Balaban J connectivity index is 2.26. The van der Waals surface area contributed by atoms with E-state index in [2.05, 4.69) is 11.7 Å². The van der Waals surface area contributed by atoms with Gasteiger partial charge in [-0.25, -0.2) is 4.79 Å². The first kappa shape index (κ1) is 16.3. The number of carbonyl (C=O) groups excluding carboxylic acids is 1. The summed E-state index contributed by atoms with van der Waals surface area (Å²) in [6.07, 6.45) is 10.0. The van der Waals surface area contributed by atoms with Crippen molar-refractivity contribution in [1.29, 1.82) is 0 Å². The molecule has 5 heteroatoms. The number of allylic oxidation sites excluding steroid dienone is 1. The van der Waals surface area contributed by atoms with Crippen molar-refractivity contribution in [2.45, 2.75) is 51.0 Å². The summed E-state index contributed by atoms with van der Waals surface area (Å²) in [7, 11) is 0. The molecule has 0 aromatic carbocycles. The van der Waals surface area contributed by atoms with E-state index in [-0.39, 0.29) is 17.9 Å². The fraction of sp³-hybridized carbons (Fsp3) is 0.529. The minimum atomic E-state index is -0.706. The Labute approximate surface area is 131 Å². The first-order valence-electron chi connectivity index (χ1n) is 7.75. The van der Waals surface area contributed by atoms with Crippen molar-refractivity contribution in [3.8, 4) is 0 Å². The third-order valence-corrected chi connectivity index (χ3v) is 3.89. The van der Waals surface area contributed by atoms with Crippen LogP contribution in [0.1, 0.15) is 45.4 Å². The number of ether oxygens (including phenoxy) is 1. The summed E-state index contributed by atoms with van der Waals surface area (Å²) in [6, 6.07) is 0. The molecule has 1 unspecified atom stereocenters. The van der Waals surface area contributed by atoms with Crippen molar-refractivity contribution in [1.82, 2.24) is 0 Å². The highest BCUT2D eigenvalue weighted by Crippen LogP contribution is 2.36. The van der Waals surface area contributed by atoms with Gasteiger partial charge in [0.2, 0.25) is 0 Å². The van der Waals surface area contributed by atoms with Crippen LogP contribution in [-0.4, -0.2) is 29.0 Å². The third-order valence-electron chi connectivity index (χ3n) is 3.89. The van der Waals surface area contributed by atoms with Crippen LogP contribution < -0.4 is 0 Å². The molecule has 0 saturated heterocycles. The highest BCUT2D eigenvalue weighted by Gasteiger charge is 2.41. The molecule has 120 valence electrons. The third kappa shape index (κ3) is 3.59. The van der Waals surface area contributed by atoms with Crippen molar-refractivity contribution in [2.75, 3.05) is 6.61 Å². The number of carbonyl (C=O) groups is 1. The van der Waals surface area contributed by atoms with Gasteiger partial charge in [-0.15, -0.1) is 0 Å². The molecule has 0 radical (unpaired) electrons. The predicted molar refractivity (Wildman–Crippen MR) is 84.6 cm³/mol. The molecule has 2 aliphatic rings. The van der Waals surface area contributed by atoms with E-state index < -0.39 is 11.6 Å². The Hall–Kier alpha value is -2.04. The summed E-state index contributed by atoms with van der Waals surface area (Å²) in [4.78, 5) is 17.4. The highest BCUT2D eigenvalue weighted by atomic mass is 16.6. The molecule has 0 aromatic heterocycles. The van der Waals surface area contributed by atoms with Gasteiger partial charge in [-0.05, 0) is 38.2 Å². The molecule has 2 rings (SSSR count). The zero-order chi connectivity index (χ0) is 16.0. The van der Waals surface area contributed by atoms with Crippen LogP contribution in [0.2, 0.25) is 0 Å². The number of hydrogen-bond donors (Lipinski definition) is 1. The Bertz CT molecular complexity index is 533. The largest absolute Gasteiger partial charge is 0.511 e. The Kier molecular flexibility index (Phi) is 5.41. The molecule has 0 saturated carbocycles. The zero-order valence-corrected chi connectivity index (χ0v) is 13.0. The number of rotatable bonds is 5. The molecule has 0 fully saturated rings. The summed E-state index contributed by atoms with van der Waals surface area (Å²) in [5.41, 5.74) is -0.172. The number of aliphatic hydroxyl groups excluding tert-OH is 1. The van der Waals surface area contributed by atoms with E-state index in [1.54, 1.807) is 6.08 Å². The lowest BCUT2D eigenvalue weighted by Crippen LogP contribution is -2.40. The van der Waals surface area contributed by atoms with E-state index in [1.807, 2.05) is 19.1 Å². The van der Waals surface area contributed by atoms with Crippen molar-refractivity contribution < 1.29 is 19.5 Å². The lowest BCUT2D eigenvalue weighted by molar-refractivity contribution is -0.153. The van der Waals surface area contributed by atoms with Gasteiger partial charge >= 0.3 is 5.97 Å². The Morgan fingerprint density at radius 3 is 3.09 bits per heavy atom. The fourth-order valence-corrected chi connectivity index (χ4v) is 2.80. The van der Waals surface area contributed by atoms with Crippen LogP contribution in [0.25, 0.3) is 0 Å². The average Bonchev–Trinajstić information content (AvgIpc) is 2.70.